The summed E-state index contributed by atoms with van der Waals surface area (Å²) in [5.74, 6) is 1.00. The second-order valence-corrected chi connectivity index (χ2v) is 9.48. The van der Waals surface area contributed by atoms with Crippen molar-refractivity contribution in [3.05, 3.63) is 24.3 Å². The number of hydrogen-bond donors (Lipinski definition) is 0. The molecule has 0 heterocycles. The minimum absolute atomic E-state index is 0.0350. The zero-order valence-electron chi connectivity index (χ0n) is 13.4. The molecule has 0 aliphatic heterocycles. The van der Waals surface area contributed by atoms with E-state index in [0.29, 0.717) is 0 Å². The number of rotatable bonds is 4. The van der Waals surface area contributed by atoms with Crippen LogP contribution in [0.25, 0.3) is 0 Å². The standard InChI is InChI=1S/C19H29OP/c1-20-16-12-14-19(15-13-16)21(17-8-4-2-5-9-17)18-10-6-3-7-11-18/h12-15,17-18H,2-11H2,1H3. The normalized spacial score (nSPS) is 21.6. The molecule has 0 unspecified atom stereocenters. The van der Waals surface area contributed by atoms with Crippen LogP contribution in [-0.2, 0) is 0 Å². The maximum Gasteiger partial charge on any atom is 0.118 e. The van der Waals surface area contributed by atoms with Gasteiger partial charge in [0, 0.05) is 0 Å². The van der Waals surface area contributed by atoms with Gasteiger partial charge in [0.25, 0.3) is 0 Å². The van der Waals surface area contributed by atoms with Crippen LogP contribution in [0.15, 0.2) is 24.3 Å². The van der Waals surface area contributed by atoms with Crippen molar-refractivity contribution in [2.75, 3.05) is 7.11 Å². The predicted molar refractivity (Wildman–Crippen MR) is 93.3 cm³/mol. The third-order valence-electron chi connectivity index (χ3n) is 5.31. The van der Waals surface area contributed by atoms with Gasteiger partial charge in [-0.3, -0.25) is 0 Å². The van der Waals surface area contributed by atoms with Gasteiger partial charge in [-0.15, -0.1) is 0 Å². The van der Waals surface area contributed by atoms with Gasteiger partial charge in [-0.25, -0.2) is 0 Å². The van der Waals surface area contributed by atoms with Gasteiger partial charge in [-0.05, 0) is 54.4 Å². The fourth-order valence-electron chi connectivity index (χ4n) is 4.19. The third-order valence-corrected chi connectivity index (χ3v) is 8.81. The summed E-state index contributed by atoms with van der Waals surface area (Å²) in [5, 5.41) is 1.64. The molecule has 1 aromatic carbocycles. The van der Waals surface area contributed by atoms with Crippen molar-refractivity contribution in [2.45, 2.75) is 75.5 Å². The molecule has 1 aromatic rings. The molecule has 2 aliphatic carbocycles. The van der Waals surface area contributed by atoms with Gasteiger partial charge in [0.15, 0.2) is 0 Å². The van der Waals surface area contributed by atoms with E-state index in [1.54, 1.807) is 12.4 Å². The van der Waals surface area contributed by atoms with Crippen LogP contribution in [-0.4, -0.2) is 18.4 Å². The van der Waals surface area contributed by atoms with Crippen molar-refractivity contribution in [3.8, 4) is 5.75 Å². The first-order chi connectivity index (χ1) is 10.4. The fraction of sp³-hybridized carbons (Fsp3) is 0.684. The van der Waals surface area contributed by atoms with Crippen LogP contribution >= 0.6 is 7.92 Å². The van der Waals surface area contributed by atoms with E-state index in [9.17, 15) is 0 Å². The Bertz CT molecular complexity index is 398. The molecule has 2 fully saturated rings. The summed E-state index contributed by atoms with van der Waals surface area (Å²) in [6, 6.07) is 9.09. The van der Waals surface area contributed by atoms with E-state index in [4.69, 9.17) is 4.74 Å². The molecule has 2 saturated carbocycles. The van der Waals surface area contributed by atoms with Crippen molar-refractivity contribution in [3.63, 3.8) is 0 Å². The lowest BCUT2D eigenvalue weighted by atomic mass is 9.99. The monoisotopic (exact) mass is 304 g/mol. The first-order valence-corrected chi connectivity index (χ1v) is 10.3. The zero-order chi connectivity index (χ0) is 14.5. The van der Waals surface area contributed by atoms with Crippen LogP contribution in [0.4, 0.5) is 0 Å². The van der Waals surface area contributed by atoms with E-state index in [0.717, 1.165) is 17.1 Å². The molecular formula is C19H29OP. The largest absolute Gasteiger partial charge is 0.497 e. The Morgan fingerprint density at radius 2 is 1.24 bits per heavy atom. The summed E-state index contributed by atoms with van der Waals surface area (Å²) >= 11 is 0. The number of hydrogen-bond acceptors (Lipinski definition) is 1. The van der Waals surface area contributed by atoms with Gasteiger partial charge in [0.2, 0.25) is 0 Å². The Hall–Kier alpha value is -0.550. The van der Waals surface area contributed by atoms with Crippen LogP contribution in [0.2, 0.25) is 0 Å². The Morgan fingerprint density at radius 1 is 0.762 bits per heavy atom. The SMILES string of the molecule is COc1ccc(P(C2CCCCC2)C2CCCCC2)cc1. The van der Waals surface area contributed by atoms with Gasteiger partial charge in [-0.1, -0.05) is 58.6 Å². The summed E-state index contributed by atoms with van der Waals surface area (Å²) in [6.07, 6.45) is 14.7. The molecule has 1 nitrogen and oxygen atoms in total. The molecule has 116 valence electrons. The van der Waals surface area contributed by atoms with Crippen LogP contribution in [0.3, 0.4) is 0 Å². The van der Waals surface area contributed by atoms with E-state index < -0.39 is 0 Å². The summed E-state index contributed by atoms with van der Waals surface area (Å²) in [7, 11) is 1.80. The molecule has 0 radical (unpaired) electrons. The van der Waals surface area contributed by atoms with E-state index >= 15 is 0 Å². The van der Waals surface area contributed by atoms with Crippen molar-refractivity contribution in [2.24, 2.45) is 0 Å². The second-order valence-electron chi connectivity index (χ2n) is 6.69. The molecule has 0 bridgehead atoms. The highest BCUT2D eigenvalue weighted by Crippen LogP contribution is 2.54. The molecule has 0 atom stereocenters. The average molecular weight is 304 g/mol. The Morgan fingerprint density at radius 3 is 1.67 bits per heavy atom. The molecule has 0 saturated heterocycles. The van der Waals surface area contributed by atoms with E-state index in [1.807, 2.05) is 0 Å². The molecule has 0 amide bonds. The van der Waals surface area contributed by atoms with Crippen molar-refractivity contribution >= 4 is 13.2 Å². The molecule has 3 rings (SSSR count). The van der Waals surface area contributed by atoms with Gasteiger partial charge in [-0.2, -0.15) is 0 Å². The van der Waals surface area contributed by atoms with Gasteiger partial charge in [0.05, 0.1) is 7.11 Å². The molecule has 21 heavy (non-hydrogen) atoms. The fourth-order valence-corrected chi connectivity index (χ4v) is 7.97. The first-order valence-electron chi connectivity index (χ1n) is 8.81. The predicted octanol–water partition coefficient (Wildman–Crippen LogP) is 5.47. The van der Waals surface area contributed by atoms with Gasteiger partial charge >= 0.3 is 0 Å². The van der Waals surface area contributed by atoms with E-state index in [1.165, 1.54) is 64.2 Å². The lowest BCUT2D eigenvalue weighted by Gasteiger charge is -2.38. The number of methoxy groups -OCH3 is 1. The number of benzene rings is 1. The molecule has 2 heteroatoms. The van der Waals surface area contributed by atoms with Crippen LogP contribution in [0, 0.1) is 0 Å². The molecule has 0 N–H and O–H groups in total. The third kappa shape index (κ3) is 3.81. The van der Waals surface area contributed by atoms with Crippen LogP contribution in [0.1, 0.15) is 64.2 Å². The topological polar surface area (TPSA) is 9.23 Å². The highest BCUT2D eigenvalue weighted by atomic mass is 31.1. The Labute approximate surface area is 131 Å². The van der Waals surface area contributed by atoms with Crippen molar-refractivity contribution in [1.82, 2.24) is 0 Å². The summed E-state index contributed by atoms with van der Waals surface area (Å²) in [4.78, 5) is 0. The van der Waals surface area contributed by atoms with E-state index in [-0.39, 0.29) is 7.92 Å². The zero-order valence-corrected chi connectivity index (χ0v) is 14.3. The summed E-state index contributed by atoms with van der Waals surface area (Å²) < 4.78 is 5.35. The first kappa shape index (κ1) is 15.3. The van der Waals surface area contributed by atoms with Crippen molar-refractivity contribution < 1.29 is 4.74 Å². The lowest BCUT2D eigenvalue weighted by molar-refractivity contribution is 0.415. The number of ether oxygens (including phenoxy) is 1. The van der Waals surface area contributed by atoms with Crippen LogP contribution < -0.4 is 10.0 Å². The molecule has 0 aromatic heterocycles. The lowest BCUT2D eigenvalue weighted by Crippen LogP contribution is -2.26. The van der Waals surface area contributed by atoms with E-state index in [2.05, 4.69) is 24.3 Å². The minimum Gasteiger partial charge on any atom is -0.497 e. The highest BCUT2D eigenvalue weighted by Gasteiger charge is 2.32. The second kappa shape index (κ2) is 7.63. The van der Waals surface area contributed by atoms with Crippen LogP contribution in [0.5, 0.6) is 5.75 Å². The average Bonchev–Trinajstić information content (AvgIpc) is 2.58. The maximum atomic E-state index is 5.35. The quantitative estimate of drug-likeness (QED) is 0.670. The summed E-state index contributed by atoms with van der Waals surface area (Å²) in [5.41, 5.74) is 1.98. The minimum atomic E-state index is 0.0350. The van der Waals surface area contributed by atoms with Gasteiger partial charge < -0.3 is 4.74 Å². The Kier molecular flexibility index (Phi) is 5.58. The highest BCUT2D eigenvalue weighted by molar-refractivity contribution is 7.67. The Balaban J connectivity index is 1.82. The smallest absolute Gasteiger partial charge is 0.118 e. The summed E-state index contributed by atoms with van der Waals surface area (Å²) in [6.45, 7) is 0. The maximum absolute atomic E-state index is 5.35. The van der Waals surface area contributed by atoms with Crippen molar-refractivity contribution in [1.29, 1.82) is 0 Å². The molecular weight excluding hydrogens is 275 g/mol. The molecule has 0 spiro atoms. The molecule has 2 aliphatic rings. The van der Waals surface area contributed by atoms with Gasteiger partial charge in [0.1, 0.15) is 5.75 Å².